The third kappa shape index (κ3) is 17.6. The Bertz CT molecular complexity index is 2310. The standard InChI is InChI=1S/C44H66N16O12/c1-22(2)9-29(40(67)58-32(18-61)44(71)72)57-42(69)33-7-6-8-60(33)43(70)36(23(3)4)59-35(63)17-49-37(64)24(5)54-34(62)16-50-39(66)30(11-26-14-47-20-52-26)56-41(68)31(12-27-15-48-21-53-27)55-38(65)28(45)10-25-13-46-19-51-25/h13-15,19-24,28-33,36,61H,6-12,16-18,45H2,1-5H3,(H,46,51)(H,47,52)(H,48,53)(H,49,64)(H,50,66)(H,54,62)(H,55,65)(H,56,68)(H,57,69)(H,58,67)(H,59,63)(H,71,72)/t24-,28-,29-,30-,31-,32-,33-,36-/m0/s1. The molecule has 0 bridgehead atoms. The molecule has 0 spiro atoms. The number of H-pyrrole nitrogens is 3. The fourth-order valence-electron chi connectivity index (χ4n) is 7.55. The second kappa shape index (κ2) is 27.6. The van der Waals surface area contributed by atoms with Gasteiger partial charge in [0.05, 0.1) is 44.7 Å². The van der Waals surface area contributed by atoms with Crippen molar-refractivity contribution in [3.05, 3.63) is 54.7 Å². The molecule has 4 heterocycles. The van der Waals surface area contributed by atoms with E-state index in [9.17, 15) is 58.2 Å². The fourth-order valence-corrected chi connectivity index (χ4v) is 7.55. The molecule has 1 fully saturated rings. The van der Waals surface area contributed by atoms with Crippen molar-refractivity contribution in [3.63, 3.8) is 0 Å². The Morgan fingerprint density at radius 1 is 0.653 bits per heavy atom. The highest BCUT2D eigenvalue weighted by Crippen LogP contribution is 2.21. The topological polar surface area (TPSA) is 423 Å². The van der Waals surface area contributed by atoms with Crippen LogP contribution in [0.2, 0.25) is 0 Å². The third-order valence-electron chi connectivity index (χ3n) is 11.4. The van der Waals surface area contributed by atoms with Crippen molar-refractivity contribution >= 4 is 59.1 Å². The highest BCUT2D eigenvalue weighted by atomic mass is 16.4. The number of aliphatic hydroxyl groups is 1. The number of rotatable bonds is 28. The van der Waals surface area contributed by atoms with Gasteiger partial charge in [-0.05, 0) is 38.0 Å². The molecule has 0 unspecified atom stereocenters. The van der Waals surface area contributed by atoms with Gasteiger partial charge in [-0.2, -0.15) is 0 Å². The number of aromatic amines is 3. The normalized spacial score (nSPS) is 16.2. The van der Waals surface area contributed by atoms with Gasteiger partial charge in [-0.3, -0.25) is 43.2 Å². The molecule has 28 heteroatoms. The molecule has 9 amide bonds. The molecule has 0 saturated carbocycles. The summed E-state index contributed by atoms with van der Waals surface area (Å²) in [5.41, 5.74) is 7.65. The average Bonchev–Trinajstić information content (AvgIpc) is 4.20. The second-order valence-corrected chi connectivity index (χ2v) is 18.0. The highest BCUT2D eigenvalue weighted by molar-refractivity contribution is 5.97. The van der Waals surface area contributed by atoms with Crippen LogP contribution >= 0.6 is 0 Å². The van der Waals surface area contributed by atoms with Crippen LogP contribution in [0.4, 0.5) is 0 Å². The van der Waals surface area contributed by atoms with Gasteiger partial charge in [0, 0.05) is 61.5 Å². The van der Waals surface area contributed by atoms with E-state index in [1.54, 1.807) is 27.7 Å². The molecule has 8 atom stereocenters. The van der Waals surface area contributed by atoms with Crippen molar-refractivity contribution in [2.75, 3.05) is 26.2 Å². The number of nitrogens with one attached hydrogen (secondary N) is 11. The first-order valence-electron chi connectivity index (χ1n) is 23.3. The molecule has 1 saturated heterocycles. The molecule has 28 nitrogen and oxygen atoms in total. The van der Waals surface area contributed by atoms with E-state index in [0.29, 0.717) is 23.5 Å². The number of aliphatic hydroxyl groups excluding tert-OH is 1. The largest absolute Gasteiger partial charge is 0.480 e. The fraction of sp³-hybridized carbons (Fsp3) is 0.568. The van der Waals surface area contributed by atoms with Crippen molar-refractivity contribution < 1.29 is 58.2 Å². The van der Waals surface area contributed by atoms with Crippen molar-refractivity contribution in [1.82, 2.24) is 77.3 Å². The molecule has 72 heavy (non-hydrogen) atoms. The van der Waals surface area contributed by atoms with Crippen LogP contribution < -0.4 is 48.3 Å². The first-order valence-corrected chi connectivity index (χ1v) is 23.3. The van der Waals surface area contributed by atoms with Crippen LogP contribution in [0.5, 0.6) is 0 Å². The molecule has 1 aliphatic heterocycles. The Labute approximate surface area is 413 Å². The van der Waals surface area contributed by atoms with Crippen molar-refractivity contribution in [3.8, 4) is 0 Å². The molecule has 1 aliphatic rings. The molecular weight excluding hydrogens is 945 g/mol. The van der Waals surface area contributed by atoms with E-state index in [2.05, 4.69) is 72.4 Å². The van der Waals surface area contributed by atoms with E-state index in [-0.39, 0.29) is 44.6 Å². The Morgan fingerprint density at radius 2 is 1.15 bits per heavy atom. The molecule has 0 aliphatic carbocycles. The van der Waals surface area contributed by atoms with Crippen LogP contribution in [0.3, 0.4) is 0 Å². The maximum absolute atomic E-state index is 13.9. The summed E-state index contributed by atoms with van der Waals surface area (Å²) in [6.45, 7) is 6.28. The number of hydrogen-bond acceptors (Lipinski definition) is 15. The maximum Gasteiger partial charge on any atom is 0.328 e. The predicted octanol–water partition coefficient (Wildman–Crippen LogP) is -4.86. The monoisotopic (exact) mass is 1010 g/mol. The van der Waals surface area contributed by atoms with Crippen molar-refractivity contribution in [2.24, 2.45) is 17.6 Å². The number of nitrogens with two attached hydrogens (primary N) is 1. The van der Waals surface area contributed by atoms with E-state index in [4.69, 9.17) is 5.73 Å². The number of imidazole rings is 3. The van der Waals surface area contributed by atoms with Gasteiger partial charge in [-0.15, -0.1) is 0 Å². The third-order valence-corrected chi connectivity index (χ3v) is 11.4. The van der Waals surface area contributed by atoms with Crippen LogP contribution in [-0.4, -0.2) is 179 Å². The summed E-state index contributed by atoms with van der Waals surface area (Å²) in [7, 11) is 0. The number of aromatic nitrogens is 6. The number of amides is 9. The summed E-state index contributed by atoms with van der Waals surface area (Å²) in [5.74, 6) is -8.70. The summed E-state index contributed by atoms with van der Waals surface area (Å²) in [5, 5.41) is 38.6. The minimum Gasteiger partial charge on any atom is -0.480 e. The highest BCUT2D eigenvalue weighted by Gasteiger charge is 2.40. The first-order chi connectivity index (χ1) is 34.2. The Hall–Kier alpha value is -7.75. The zero-order valence-corrected chi connectivity index (χ0v) is 40.7. The lowest BCUT2D eigenvalue weighted by Gasteiger charge is -2.31. The molecule has 3 aromatic rings. The number of likely N-dealkylation sites (tertiary alicyclic amines) is 1. The number of hydrogen-bond donors (Lipinski definition) is 14. The number of carbonyl (C=O) groups is 10. The average molecular weight is 1010 g/mol. The Morgan fingerprint density at radius 3 is 1.67 bits per heavy atom. The van der Waals surface area contributed by atoms with Crippen molar-refractivity contribution in [2.45, 2.75) is 121 Å². The minimum atomic E-state index is -1.59. The lowest BCUT2D eigenvalue weighted by Crippen LogP contribution is -2.59. The van der Waals surface area contributed by atoms with Gasteiger partial charge in [-0.1, -0.05) is 27.7 Å². The van der Waals surface area contributed by atoms with Gasteiger partial charge in [0.15, 0.2) is 0 Å². The van der Waals surface area contributed by atoms with Crippen LogP contribution in [0.15, 0.2) is 37.6 Å². The van der Waals surface area contributed by atoms with Gasteiger partial charge in [-0.25, -0.2) is 19.7 Å². The van der Waals surface area contributed by atoms with Crippen LogP contribution in [-0.2, 0) is 67.2 Å². The van der Waals surface area contributed by atoms with Gasteiger partial charge in [0.1, 0.15) is 42.3 Å². The summed E-state index contributed by atoms with van der Waals surface area (Å²) >= 11 is 0. The Kier molecular flexibility index (Phi) is 21.8. The smallest absolute Gasteiger partial charge is 0.328 e. The number of carboxylic acid groups (broad SMARTS) is 1. The summed E-state index contributed by atoms with van der Waals surface area (Å²) in [6.07, 6.45) is 9.34. The minimum absolute atomic E-state index is 0.0516. The summed E-state index contributed by atoms with van der Waals surface area (Å²) in [4.78, 5) is 153. The molecular formula is C44H66N16O12. The molecule has 4 rings (SSSR count). The van der Waals surface area contributed by atoms with E-state index in [1.165, 1.54) is 49.4 Å². The van der Waals surface area contributed by atoms with Crippen LogP contribution in [0.25, 0.3) is 0 Å². The van der Waals surface area contributed by atoms with Gasteiger partial charge < -0.3 is 78.3 Å². The van der Waals surface area contributed by atoms with E-state index in [1.807, 2.05) is 0 Å². The molecule has 0 aromatic carbocycles. The predicted molar refractivity (Wildman–Crippen MR) is 252 cm³/mol. The zero-order chi connectivity index (χ0) is 53.1. The zero-order valence-electron chi connectivity index (χ0n) is 40.7. The number of aliphatic carboxylic acids is 1. The van der Waals surface area contributed by atoms with Crippen LogP contribution in [0, 0.1) is 11.8 Å². The summed E-state index contributed by atoms with van der Waals surface area (Å²) < 4.78 is 0. The number of carboxylic acids is 1. The van der Waals surface area contributed by atoms with E-state index < -0.39 is 133 Å². The lowest BCUT2D eigenvalue weighted by molar-refractivity contribution is -0.144. The van der Waals surface area contributed by atoms with Gasteiger partial charge in [0.2, 0.25) is 53.2 Å². The number of carbonyl (C=O) groups excluding carboxylic acids is 9. The Balaban J connectivity index is 1.30. The van der Waals surface area contributed by atoms with Crippen LogP contribution in [0.1, 0.15) is 71.0 Å². The summed E-state index contributed by atoms with van der Waals surface area (Å²) in [6, 6.07) is -9.73. The molecule has 15 N–H and O–H groups in total. The second-order valence-electron chi connectivity index (χ2n) is 18.0. The molecule has 0 radical (unpaired) electrons. The van der Waals surface area contributed by atoms with Crippen molar-refractivity contribution in [1.29, 1.82) is 0 Å². The quantitative estimate of drug-likeness (QED) is 0.0324. The lowest BCUT2D eigenvalue weighted by atomic mass is 10.0. The maximum atomic E-state index is 13.9. The molecule has 3 aromatic heterocycles. The van der Waals surface area contributed by atoms with Gasteiger partial charge >= 0.3 is 5.97 Å². The number of nitrogens with zero attached hydrogens (tertiary/aromatic N) is 4. The first kappa shape index (κ1) is 56.8. The van der Waals surface area contributed by atoms with E-state index >= 15 is 0 Å². The molecule has 394 valence electrons. The van der Waals surface area contributed by atoms with Gasteiger partial charge in [0.25, 0.3) is 0 Å². The van der Waals surface area contributed by atoms with E-state index in [0.717, 1.165) is 0 Å². The SMILES string of the molecule is CC(C)C[C@H](NC(=O)[C@@H]1CCCN1C(=O)[C@@H](NC(=O)CNC(=O)[C@H](C)NC(=O)CNC(=O)[C@H](Cc1cnc[nH]1)NC(=O)[C@H](Cc1cnc[nH]1)NC(=O)[C@@H](N)Cc1cnc[nH]1)C(C)C)C(=O)N[C@@H](CO)C(=O)O.